The second-order valence-corrected chi connectivity index (χ2v) is 8.00. The van der Waals surface area contributed by atoms with Gasteiger partial charge in [0.1, 0.15) is 5.52 Å². The number of aryl methyl sites for hydroxylation is 1. The lowest BCUT2D eigenvalue weighted by molar-refractivity contribution is -0.115. The Kier molecular flexibility index (Phi) is 4.76. The highest BCUT2D eigenvalue weighted by Gasteiger charge is 2.11. The fourth-order valence-electron chi connectivity index (χ4n) is 3.43. The highest BCUT2D eigenvalue weighted by molar-refractivity contribution is 7.99. The molecule has 1 amide bonds. The third-order valence-electron chi connectivity index (χ3n) is 4.78. The van der Waals surface area contributed by atoms with E-state index in [4.69, 9.17) is 0 Å². The van der Waals surface area contributed by atoms with E-state index in [2.05, 4.69) is 30.5 Å². The number of hydrogen-bond donors (Lipinski definition) is 2. The molecule has 0 saturated heterocycles. The molecule has 0 radical (unpaired) electrons. The average Bonchev–Trinajstić information content (AvgIpc) is 3.11. The van der Waals surface area contributed by atoms with Crippen molar-refractivity contribution < 1.29 is 4.79 Å². The molecule has 0 aliphatic heterocycles. The molecular weight excluding hydrogens is 396 g/mol. The van der Waals surface area contributed by atoms with Crippen molar-refractivity contribution in [2.45, 2.75) is 18.5 Å². The van der Waals surface area contributed by atoms with Crippen LogP contribution in [0.25, 0.3) is 33.0 Å². The van der Waals surface area contributed by atoms with E-state index in [1.807, 2.05) is 61.5 Å². The van der Waals surface area contributed by atoms with Gasteiger partial charge in [-0.3, -0.25) is 9.78 Å². The minimum atomic E-state index is -0.0575. The first-order chi connectivity index (χ1) is 14.7. The summed E-state index contributed by atoms with van der Waals surface area (Å²) in [4.78, 5) is 24.8. The fraction of sp³-hybridized carbons (Fsp3) is 0.136. The SMILES string of the molecule is Cc1cc(NC(=O)CCSc2nnc3c(n2)[nH]c2ccccc23)c2ccccc2n1. The van der Waals surface area contributed by atoms with E-state index < -0.39 is 0 Å². The third kappa shape index (κ3) is 3.57. The summed E-state index contributed by atoms with van der Waals surface area (Å²) >= 11 is 1.41. The highest BCUT2D eigenvalue weighted by Crippen LogP contribution is 2.25. The quantitative estimate of drug-likeness (QED) is 0.412. The number of benzene rings is 2. The van der Waals surface area contributed by atoms with E-state index in [-0.39, 0.29) is 5.91 Å². The maximum Gasteiger partial charge on any atom is 0.225 e. The number of thioether (sulfide) groups is 1. The van der Waals surface area contributed by atoms with Gasteiger partial charge < -0.3 is 10.3 Å². The van der Waals surface area contributed by atoms with Crippen molar-refractivity contribution in [1.82, 2.24) is 25.1 Å². The Morgan fingerprint density at radius 3 is 2.73 bits per heavy atom. The van der Waals surface area contributed by atoms with Gasteiger partial charge in [-0.05, 0) is 25.1 Å². The zero-order chi connectivity index (χ0) is 20.5. The number of aromatic amines is 1. The molecule has 30 heavy (non-hydrogen) atoms. The van der Waals surface area contributed by atoms with E-state index in [1.54, 1.807) is 0 Å². The Labute approximate surface area is 176 Å². The Morgan fingerprint density at radius 1 is 1.03 bits per heavy atom. The normalized spacial score (nSPS) is 11.4. The van der Waals surface area contributed by atoms with E-state index in [1.165, 1.54) is 11.8 Å². The molecule has 0 bridgehead atoms. The topological polar surface area (TPSA) is 96.5 Å². The number of nitrogens with zero attached hydrogens (tertiary/aromatic N) is 4. The predicted octanol–water partition coefficient (Wildman–Crippen LogP) is 4.48. The number of amides is 1. The number of rotatable bonds is 5. The largest absolute Gasteiger partial charge is 0.338 e. The van der Waals surface area contributed by atoms with Crippen molar-refractivity contribution in [1.29, 1.82) is 0 Å². The van der Waals surface area contributed by atoms with Crippen LogP contribution in [-0.2, 0) is 4.79 Å². The van der Waals surface area contributed by atoms with Crippen molar-refractivity contribution in [3.05, 3.63) is 60.3 Å². The number of H-pyrrole nitrogens is 1. The first kappa shape index (κ1) is 18.5. The number of aromatic nitrogens is 5. The number of anilines is 1. The van der Waals surface area contributed by atoms with Crippen LogP contribution < -0.4 is 5.32 Å². The number of carbonyl (C=O) groups is 1. The molecule has 0 saturated carbocycles. The first-order valence-corrected chi connectivity index (χ1v) is 10.6. The summed E-state index contributed by atoms with van der Waals surface area (Å²) in [5.41, 5.74) is 4.96. The van der Waals surface area contributed by atoms with Gasteiger partial charge in [-0.25, -0.2) is 4.98 Å². The molecule has 5 rings (SSSR count). The molecular formula is C22H18N6OS. The number of fused-ring (bicyclic) bond motifs is 4. The van der Waals surface area contributed by atoms with E-state index in [0.717, 1.165) is 38.7 Å². The molecule has 0 aliphatic carbocycles. The molecule has 0 aliphatic rings. The smallest absolute Gasteiger partial charge is 0.225 e. The molecule has 148 valence electrons. The lowest BCUT2D eigenvalue weighted by atomic mass is 10.1. The van der Waals surface area contributed by atoms with Crippen LogP contribution in [0.5, 0.6) is 0 Å². The number of hydrogen-bond acceptors (Lipinski definition) is 6. The fourth-order valence-corrected chi connectivity index (χ4v) is 4.15. The van der Waals surface area contributed by atoms with E-state index in [9.17, 15) is 4.79 Å². The van der Waals surface area contributed by atoms with Crippen LogP contribution >= 0.6 is 11.8 Å². The lowest BCUT2D eigenvalue weighted by Gasteiger charge is -2.09. The summed E-state index contributed by atoms with van der Waals surface area (Å²) in [5, 5.41) is 14.0. The van der Waals surface area contributed by atoms with Gasteiger partial charge in [-0.15, -0.1) is 10.2 Å². The van der Waals surface area contributed by atoms with Crippen LogP contribution in [0, 0.1) is 6.92 Å². The van der Waals surface area contributed by atoms with Gasteiger partial charge in [0.25, 0.3) is 0 Å². The summed E-state index contributed by atoms with van der Waals surface area (Å²) in [5.74, 6) is 0.499. The van der Waals surface area contributed by atoms with Crippen molar-refractivity contribution in [3.8, 4) is 0 Å². The van der Waals surface area contributed by atoms with E-state index in [0.29, 0.717) is 23.0 Å². The average molecular weight is 414 g/mol. The molecule has 3 aromatic heterocycles. The van der Waals surface area contributed by atoms with Gasteiger partial charge in [0.05, 0.1) is 11.2 Å². The Bertz CT molecular complexity index is 1400. The van der Waals surface area contributed by atoms with Gasteiger partial charge in [-0.1, -0.05) is 48.2 Å². The monoisotopic (exact) mass is 414 g/mol. The number of pyridine rings is 1. The molecule has 5 aromatic rings. The summed E-state index contributed by atoms with van der Waals surface area (Å²) in [6.45, 7) is 1.92. The summed E-state index contributed by atoms with van der Waals surface area (Å²) in [7, 11) is 0. The molecule has 0 unspecified atom stereocenters. The first-order valence-electron chi connectivity index (χ1n) is 9.57. The van der Waals surface area contributed by atoms with Crippen LogP contribution in [0.2, 0.25) is 0 Å². The minimum Gasteiger partial charge on any atom is -0.338 e. The molecule has 0 fully saturated rings. The van der Waals surface area contributed by atoms with Gasteiger partial charge >= 0.3 is 0 Å². The van der Waals surface area contributed by atoms with Gasteiger partial charge in [-0.2, -0.15) is 0 Å². The van der Waals surface area contributed by atoms with Gasteiger partial charge in [0.2, 0.25) is 11.1 Å². The molecule has 8 heteroatoms. The molecule has 2 N–H and O–H groups in total. The minimum absolute atomic E-state index is 0.0575. The summed E-state index contributed by atoms with van der Waals surface area (Å²) in [6.07, 6.45) is 0.342. The molecule has 2 aromatic carbocycles. The van der Waals surface area contributed by atoms with Crippen LogP contribution in [-0.4, -0.2) is 36.8 Å². The Balaban J connectivity index is 1.26. The molecule has 0 spiro atoms. The van der Waals surface area contributed by atoms with Gasteiger partial charge in [0, 0.05) is 34.2 Å². The van der Waals surface area contributed by atoms with Crippen molar-refractivity contribution in [2.24, 2.45) is 0 Å². The van der Waals surface area contributed by atoms with Crippen molar-refractivity contribution in [2.75, 3.05) is 11.1 Å². The second kappa shape index (κ2) is 7.72. The van der Waals surface area contributed by atoms with Gasteiger partial charge in [0.15, 0.2) is 5.65 Å². The number of carbonyl (C=O) groups excluding carboxylic acids is 1. The second-order valence-electron chi connectivity index (χ2n) is 6.94. The Morgan fingerprint density at radius 2 is 1.83 bits per heavy atom. The summed E-state index contributed by atoms with van der Waals surface area (Å²) in [6, 6.07) is 17.6. The molecule has 0 atom stereocenters. The molecule has 3 heterocycles. The zero-order valence-electron chi connectivity index (χ0n) is 16.2. The number of para-hydroxylation sites is 2. The summed E-state index contributed by atoms with van der Waals surface area (Å²) < 4.78 is 0. The number of nitrogens with one attached hydrogen (secondary N) is 2. The third-order valence-corrected chi connectivity index (χ3v) is 5.62. The Hall–Kier alpha value is -3.52. The van der Waals surface area contributed by atoms with Crippen LogP contribution in [0.4, 0.5) is 5.69 Å². The maximum atomic E-state index is 12.5. The maximum absolute atomic E-state index is 12.5. The zero-order valence-corrected chi connectivity index (χ0v) is 17.0. The van der Waals surface area contributed by atoms with Crippen LogP contribution in [0.15, 0.2) is 59.8 Å². The standard InChI is InChI=1S/C22H18N6OS/c1-13-12-18(14-6-2-4-8-16(14)23-13)24-19(29)10-11-30-22-26-21-20(27-28-22)15-7-3-5-9-17(15)25-21/h2-9,12H,10-11H2,1H3,(H,23,24,29)(H,25,26,28). The van der Waals surface area contributed by atoms with Crippen molar-refractivity contribution >= 4 is 56.3 Å². The van der Waals surface area contributed by atoms with Crippen LogP contribution in [0.3, 0.4) is 0 Å². The van der Waals surface area contributed by atoms with E-state index >= 15 is 0 Å². The van der Waals surface area contributed by atoms with Crippen LogP contribution in [0.1, 0.15) is 12.1 Å². The highest BCUT2D eigenvalue weighted by atomic mass is 32.2. The molecule has 7 nitrogen and oxygen atoms in total. The lowest BCUT2D eigenvalue weighted by Crippen LogP contribution is -2.13. The predicted molar refractivity (Wildman–Crippen MR) is 120 cm³/mol. The van der Waals surface area contributed by atoms with Crippen molar-refractivity contribution in [3.63, 3.8) is 0 Å².